The number of hydrogen-bond acceptors (Lipinski definition) is 1. The predicted octanol–water partition coefficient (Wildman–Crippen LogP) is 6.50. The van der Waals surface area contributed by atoms with E-state index in [9.17, 15) is 0 Å². The number of fused-ring (bicyclic) bond motifs is 1. The largest absolute Gasteiger partial charge is 0.457 e. The highest BCUT2D eigenvalue weighted by Crippen LogP contribution is 2.35. The molecule has 0 aliphatic heterocycles. The Morgan fingerprint density at radius 3 is 2.29 bits per heavy atom. The van der Waals surface area contributed by atoms with Crippen molar-refractivity contribution in [1.29, 1.82) is 0 Å². The molecule has 0 amide bonds. The van der Waals surface area contributed by atoms with Crippen molar-refractivity contribution in [2.24, 2.45) is 0 Å². The van der Waals surface area contributed by atoms with Gasteiger partial charge in [0.1, 0.15) is 11.5 Å². The molecule has 0 heterocycles. The lowest BCUT2D eigenvalue weighted by molar-refractivity contribution is 0.483. The molecule has 4 rings (SSSR count). The molecule has 0 N–H and O–H groups in total. The summed E-state index contributed by atoms with van der Waals surface area (Å²) in [6.07, 6.45) is 4.58. The van der Waals surface area contributed by atoms with Gasteiger partial charge in [-0.2, -0.15) is 0 Å². The van der Waals surface area contributed by atoms with E-state index in [-0.39, 0.29) is 0 Å². The molecule has 1 nitrogen and oxygen atoms in total. The van der Waals surface area contributed by atoms with Gasteiger partial charge in [0, 0.05) is 0 Å². The highest BCUT2D eigenvalue weighted by atomic mass is 16.5. The second-order valence-corrected chi connectivity index (χ2v) is 6.15. The lowest BCUT2D eigenvalue weighted by Gasteiger charge is -2.10. The van der Waals surface area contributed by atoms with Crippen LogP contribution < -0.4 is 4.74 Å². The summed E-state index contributed by atoms with van der Waals surface area (Å²) in [5.41, 5.74) is 6.88. The Bertz CT molecular complexity index is 874. The van der Waals surface area contributed by atoms with Crippen molar-refractivity contribution in [3.8, 4) is 22.6 Å². The van der Waals surface area contributed by atoms with Crippen LogP contribution in [-0.2, 0) is 6.42 Å². The molecule has 24 heavy (non-hydrogen) atoms. The molecule has 1 aliphatic carbocycles. The van der Waals surface area contributed by atoms with E-state index in [0.717, 1.165) is 24.3 Å². The summed E-state index contributed by atoms with van der Waals surface area (Å²) >= 11 is 0. The van der Waals surface area contributed by atoms with E-state index in [4.69, 9.17) is 4.74 Å². The van der Waals surface area contributed by atoms with Crippen LogP contribution in [0.2, 0.25) is 0 Å². The molecule has 0 aromatic heterocycles. The first-order valence-corrected chi connectivity index (χ1v) is 8.48. The van der Waals surface area contributed by atoms with Gasteiger partial charge in [0.05, 0.1) is 0 Å². The highest BCUT2D eigenvalue weighted by molar-refractivity contribution is 5.80. The van der Waals surface area contributed by atoms with Crippen molar-refractivity contribution < 1.29 is 4.74 Å². The third-order valence-electron chi connectivity index (χ3n) is 4.56. The van der Waals surface area contributed by atoms with Crippen LogP contribution >= 0.6 is 0 Å². The second-order valence-electron chi connectivity index (χ2n) is 6.15. The average Bonchev–Trinajstić information content (AvgIpc) is 3.07. The fraction of sp³-hybridized carbons (Fsp3) is 0.130. The van der Waals surface area contributed by atoms with Gasteiger partial charge in [-0.3, -0.25) is 0 Å². The van der Waals surface area contributed by atoms with E-state index in [1.807, 2.05) is 42.5 Å². The van der Waals surface area contributed by atoms with Gasteiger partial charge in [-0.15, -0.1) is 0 Å². The van der Waals surface area contributed by atoms with Crippen LogP contribution in [-0.4, -0.2) is 0 Å². The molecule has 0 bridgehead atoms. The Balaban J connectivity index is 1.63. The van der Waals surface area contributed by atoms with Crippen LogP contribution in [0.3, 0.4) is 0 Å². The molecule has 3 aromatic rings. The van der Waals surface area contributed by atoms with Crippen molar-refractivity contribution in [2.75, 3.05) is 0 Å². The number of allylic oxidation sites excluding steroid dienone is 1. The summed E-state index contributed by atoms with van der Waals surface area (Å²) < 4.78 is 5.88. The standard InChI is InChI=1S/C23H20O/c1-2-17-15-19-7-6-10-22(23(19)16-17)18-11-13-21(14-12-18)24-20-8-4-3-5-9-20/h3-14,16H,2,15H2,1H3. The molecule has 1 aliphatic rings. The van der Waals surface area contributed by atoms with Crippen LogP contribution in [0.1, 0.15) is 24.5 Å². The zero-order valence-electron chi connectivity index (χ0n) is 13.8. The molecule has 3 aromatic carbocycles. The third-order valence-corrected chi connectivity index (χ3v) is 4.56. The third kappa shape index (κ3) is 2.85. The molecular weight excluding hydrogens is 292 g/mol. The maximum Gasteiger partial charge on any atom is 0.127 e. The average molecular weight is 312 g/mol. The first kappa shape index (κ1) is 14.8. The molecule has 0 radical (unpaired) electrons. The first-order valence-electron chi connectivity index (χ1n) is 8.48. The maximum absolute atomic E-state index is 5.88. The van der Waals surface area contributed by atoms with Gasteiger partial charge in [-0.1, -0.05) is 67.1 Å². The molecule has 0 fully saturated rings. The molecular formula is C23H20O. The monoisotopic (exact) mass is 312 g/mol. The summed E-state index contributed by atoms with van der Waals surface area (Å²) in [6, 6.07) is 24.9. The predicted molar refractivity (Wildman–Crippen MR) is 100 cm³/mol. The van der Waals surface area contributed by atoms with E-state index < -0.39 is 0 Å². The van der Waals surface area contributed by atoms with Gasteiger partial charge in [0.15, 0.2) is 0 Å². The van der Waals surface area contributed by atoms with Crippen LogP contribution in [0.25, 0.3) is 17.2 Å². The van der Waals surface area contributed by atoms with Crippen LogP contribution in [0.15, 0.2) is 78.4 Å². The van der Waals surface area contributed by atoms with Crippen LogP contribution in [0.4, 0.5) is 0 Å². The normalized spacial score (nSPS) is 12.6. The zero-order valence-corrected chi connectivity index (χ0v) is 13.8. The lowest BCUT2D eigenvalue weighted by atomic mass is 9.97. The fourth-order valence-corrected chi connectivity index (χ4v) is 3.24. The zero-order chi connectivity index (χ0) is 16.4. The topological polar surface area (TPSA) is 9.23 Å². The summed E-state index contributed by atoms with van der Waals surface area (Å²) in [5, 5.41) is 0. The van der Waals surface area contributed by atoms with Crippen LogP contribution in [0.5, 0.6) is 11.5 Å². The quantitative estimate of drug-likeness (QED) is 0.534. The van der Waals surface area contributed by atoms with Crippen molar-refractivity contribution in [1.82, 2.24) is 0 Å². The number of ether oxygens (including phenoxy) is 1. The van der Waals surface area contributed by atoms with E-state index in [2.05, 4.69) is 43.3 Å². The summed E-state index contributed by atoms with van der Waals surface area (Å²) in [5.74, 6) is 1.73. The summed E-state index contributed by atoms with van der Waals surface area (Å²) in [6.45, 7) is 2.23. The van der Waals surface area contributed by atoms with Crippen molar-refractivity contribution in [2.45, 2.75) is 19.8 Å². The molecule has 0 atom stereocenters. The maximum atomic E-state index is 5.88. The molecule has 118 valence electrons. The number of benzene rings is 3. The van der Waals surface area contributed by atoms with Crippen molar-refractivity contribution in [3.63, 3.8) is 0 Å². The van der Waals surface area contributed by atoms with Gasteiger partial charge in [-0.25, -0.2) is 0 Å². The highest BCUT2D eigenvalue weighted by Gasteiger charge is 2.15. The van der Waals surface area contributed by atoms with Crippen LogP contribution in [0, 0.1) is 0 Å². The Kier molecular flexibility index (Phi) is 3.92. The fourth-order valence-electron chi connectivity index (χ4n) is 3.24. The van der Waals surface area contributed by atoms with E-state index in [1.165, 1.54) is 27.8 Å². The summed E-state index contributed by atoms with van der Waals surface area (Å²) in [7, 11) is 0. The number of hydrogen-bond donors (Lipinski definition) is 0. The minimum absolute atomic E-state index is 0.862. The van der Waals surface area contributed by atoms with Gasteiger partial charge >= 0.3 is 0 Å². The number of rotatable bonds is 4. The molecule has 0 saturated carbocycles. The minimum atomic E-state index is 0.862. The Morgan fingerprint density at radius 1 is 0.792 bits per heavy atom. The second kappa shape index (κ2) is 6.37. The summed E-state index contributed by atoms with van der Waals surface area (Å²) in [4.78, 5) is 0. The van der Waals surface area contributed by atoms with E-state index in [0.29, 0.717) is 0 Å². The van der Waals surface area contributed by atoms with E-state index in [1.54, 1.807) is 0 Å². The molecule has 0 unspecified atom stereocenters. The molecule has 0 saturated heterocycles. The van der Waals surface area contributed by atoms with E-state index >= 15 is 0 Å². The minimum Gasteiger partial charge on any atom is -0.457 e. The lowest BCUT2D eigenvalue weighted by Crippen LogP contribution is -1.88. The van der Waals surface area contributed by atoms with Gasteiger partial charge in [0.25, 0.3) is 0 Å². The van der Waals surface area contributed by atoms with Gasteiger partial charge in [-0.05, 0) is 59.4 Å². The molecule has 0 spiro atoms. The Labute approximate surface area is 143 Å². The van der Waals surface area contributed by atoms with Crippen molar-refractivity contribution >= 4 is 6.08 Å². The Morgan fingerprint density at radius 2 is 1.54 bits per heavy atom. The SMILES string of the molecule is CCC1=Cc2c(cccc2-c2ccc(Oc3ccccc3)cc2)C1. The Hall–Kier alpha value is -2.80. The smallest absolute Gasteiger partial charge is 0.127 e. The van der Waals surface area contributed by atoms with Gasteiger partial charge < -0.3 is 4.74 Å². The molecule has 1 heteroatoms. The van der Waals surface area contributed by atoms with Gasteiger partial charge in [0.2, 0.25) is 0 Å². The number of para-hydroxylation sites is 1. The van der Waals surface area contributed by atoms with Crippen molar-refractivity contribution in [3.05, 3.63) is 89.5 Å². The first-order chi connectivity index (χ1) is 11.8.